The minimum Gasteiger partial charge on any atom is -0.493 e. The summed E-state index contributed by atoms with van der Waals surface area (Å²) in [5, 5.41) is 18.1. The molecule has 0 N–H and O–H groups in total. The number of unbranched alkanes of at least 4 members (excludes halogenated alkanes) is 2. The number of ether oxygens (including phenoxy) is 1. The van der Waals surface area contributed by atoms with E-state index in [9.17, 15) is 4.79 Å². The van der Waals surface area contributed by atoms with Crippen LogP contribution >= 0.6 is 0 Å². The third-order valence-electron chi connectivity index (χ3n) is 5.12. The van der Waals surface area contributed by atoms with Gasteiger partial charge in [0.05, 0.1) is 24.3 Å². The second kappa shape index (κ2) is 9.01. The quantitative estimate of drug-likeness (QED) is 0.261. The van der Waals surface area contributed by atoms with Gasteiger partial charge in [0.25, 0.3) is 0 Å². The highest BCUT2D eigenvalue weighted by molar-refractivity contribution is 5.82. The molecular formula is C23H22N6O3. The molecule has 0 amide bonds. The molecule has 5 rings (SSSR count). The van der Waals surface area contributed by atoms with Gasteiger partial charge in [-0.1, -0.05) is 29.5 Å². The summed E-state index contributed by atoms with van der Waals surface area (Å²) in [6.45, 7) is 1.80. The van der Waals surface area contributed by atoms with Crippen LogP contribution in [0.1, 0.15) is 25.0 Å². The van der Waals surface area contributed by atoms with E-state index < -0.39 is 5.63 Å². The zero-order chi connectivity index (χ0) is 21.8. The van der Waals surface area contributed by atoms with Crippen LogP contribution in [0.3, 0.4) is 0 Å². The Balaban J connectivity index is 1.08. The van der Waals surface area contributed by atoms with Crippen molar-refractivity contribution in [2.24, 2.45) is 0 Å². The van der Waals surface area contributed by atoms with Crippen LogP contribution < -0.4 is 10.4 Å². The van der Waals surface area contributed by atoms with Gasteiger partial charge in [0, 0.05) is 6.54 Å². The summed E-state index contributed by atoms with van der Waals surface area (Å²) >= 11 is 0. The van der Waals surface area contributed by atoms with Crippen molar-refractivity contribution in [2.75, 3.05) is 6.61 Å². The standard InChI is InChI=1S/C23H22N6O3/c30-23-14-22(18-8-2-5-11-21(18)32-23)31-13-7-1-6-12-28-15-17(24-27-28)16-29-25-19-9-3-4-10-20(19)26-29/h2-5,8-11,14-15H,1,6-7,12-13,16H2. The van der Waals surface area contributed by atoms with Crippen LogP contribution in [-0.2, 0) is 13.1 Å². The van der Waals surface area contributed by atoms with Crippen molar-refractivity contribution in [2.45, 2.75) is 32.4 Å². The molecule has 3 heterocycles. The van der Waals surface area contributed by atoms with E-state index in [1.807, 2.05) is 53.3 Å². The summed E-state index contributed by atoms with van der Waals surface area (Å²) in [5.41, 5.74) is 2.69. The lowest BCUT2D eigenvalue weighted by Crippen LogP contribution is -2.04. The van der Waals surface area contributed by atoms with Crippen LogP contribution in [0, 0.1) is 0 Å². The first-order valence-electron chi connectivity index (χ1n) is 10.6. The van der Waals surface area contributed by atoms with Crippen molar-refractivity contribution in [1.82, 2.24) is 30.0 Å². The molecule has 0 aliphatic rings. The van der Waals surface area contributed by atoms with Crippen molar-refractivity contribution < 1.29 is 9.15 Å². The smallest absolute Gasteiger partial charge is 0.339 e. The van der Waals surface area contributed by atoms with Gasteiger partial charge in [-0.3, -0.25) is 4.68 Å². The lowest BCUT2D eigenvalue weighted by Gasteiger charge is -2.08. The summed E-state index contributed by atoms with van der Waals surface area (Å²) in [5.74, 6) is 0.567. The molecule has 0 unspecified atom stereocenters. The summed E-state index contributed by atoms with van der Waals surface area (Å²) in [7, 11) is 0. The lowest BCUT2D eigenvalue weighted by molar-refractivity contribution is 0.304. The second-order valence-corrected chi connectivity index (χ2v) is 7.53. The van der Waals surface area contributed by atoms with Crippen molar-refractivity contribution >= 4 is 22.0 Å². The molecule has 162 valence electrons. The van der Waals surface area contributed by atoms with Crippen molar-refractivity contribution in [3.63, 3.8) is 0 Å². The first-order valence-corrected chi connectivity index (χ1v) is 10.6. The van der Waals surface area contributed by atoms with Crippen LogP contribution in [0.4, 0.5) is 0 Å². The van der Waals surface area contributed by atoms with Gasteiger partial charge in [0.2, 0.25) is 0 Å². The molecule has 0 aliphatic carbocycles. The largest absolute Gasteiger partial charge is 0.493 e. The molecule has 32 heavy (non-hydrogen) atoms. The summed E-state index contributed by atoms with van der Waals surface area (Å²) in [4.78, 5) is 13.3. The third-order valence-corrected chi connectivity index (χ3v) is 5.12. The number of aromatic nitrogens is 6. The summed E-state index contributed by atoms with van der Waals surface area (Å²) in [6.07, 6.45) is 4.73. The van der Waals surface area contributed by atoms with Gasteiger partial charge >= 0.3 is 5.63 Å². The van der Waals surface area contributed by atoms with E-state index in [0.717, 1.165) is 47.9 Å². The van der Waals surface area contributed by atoms with Gasteiger partial charge in [-0.05, 0) is 43.5 Å². The fraction of sp³-hybridized carbons (Fsp3) is 0.261. The van der Waals surface area contributed by atoms with E-state index in [0.29, 0.717) is 24.5 Å². The van der Waals surface area contributed by atoms with Crippen LogP contribution in [0.15, 0.2) is 70.0 Å². The molecule has 0 spiro atoms. The average molecular weight is 430 g/mol. The van der Waals surface area contributed by atoms with Gasteiger partial charge in [-0.2, -0.15) is 15.0 Å². The van der Waals surface area contributed by atoms with Crippen molar-refractivity contribution in [3.8, 4) is 5.75 Å². The van der Waals surface area contributed by atoms with Crippen molar-refractivity contribution in [3.05, 3.63) is 76.9 Å². The van der Waals surface area contributed by atoms with Crippen LogP contribution in [0.2, 0.25) is 0 Å². The first-order chi connectivity index (χ1) is 15.7. The predicted molar refractivity (Wildman–Crippen MR) is 118 cm³/mol. The molecule has 0 atom stereocenters. The molecule has 2 aromatic carbocycles. The van der Waals surface area contributed by atoms with E-state index in [-0.39, 0.29) is 0 Å². The maximum Gasteiger partial charge on any atom is 0.339 e. The molecule has 5 aromatic rings. The van der Waals surface area contributed by atoms with Gasteiger partial charge in [0.15, 0.2) is 0 Å². The predicted octanol–water partition coefficient (Wildman–Crippen LogP) is 3.43. The van der Waals surface area contributed by atoms with E-state index in [4.69, 9.17) is 9.15 Å². The number of aryl methyl sites for hydroxylation is 1. The molecule has 0 bridgehead atoms. The molecule has 9 heteroatoms. The summed E-state index contributed by atoms with van der Waals surface area (Å²) < 4.78 is 12.9. The fourth-order valence-electron chi connectivity index (χ4n) is 3.58. The van der Waals surface area contributed by atoms with Gasteiger partial charge < -0.3 is 9.15 Å². The number of benzene rings is 2. The zero-order valence-corrected chi connectivity index (χ0v) is 17.4. The van der Waals surface area contributed by atoms with E-state index >= 15 is 0 Å². The van der Waals surface area contributed by atoms with Crippen LogP contribution in [-0.4, -0.2) is 36.6 Å². The minimum atomic E-state index is -0.404. The molecule has 0 radical (unpaired) electrons. The number of hydrogen-bond acceptors (Lipinski definition) is 7. The van der Waals surface area contributed by atoms with E-state index in [1.165, 1.54) is 6.07 Å². The maximum absolute atomic E-state index is 11.7. The molecular weight excluding hydrogens is 408 g/mol. The minimum absolute atomic E-state index is 0.404. The Morgan fingerprint density at radius 1 is 0.938 bits per heavy atom. The highest BCUT2D eigenvalue weighted by Crippen LogP contribution is 2.23. The van der Waals surface area contributed by atoms with Gasteiger partial charge in [-0.25, -0.2) is 4.79 Å². The Bertz CT molecular complexity index is 1370. The fourth-order valence-corrected chi connectivity index (χ4v) is 3.58. The highest BCUT2D eigenvalue weighted by Gasteiger charge is 2.07. The Hall–Kier alpha value is -4.01. The molecule has 0 aliphatic heterocycles. The van der Waals surface area contributed by atoms with Crippen LogP contribution in [0.5, 0.6) is 5.75 Å². The van der Waals surface area contributed by atoms with E-state index in [1.54, 1.807) is 10.9 Å². The van der Waals surface area contributed by atoms with Gasteiger partial charge in [-0.15, -0.1) is 5.10 Å². The lowest BCUT2D eigenvalue weighted by atomic mass is 10.2. The normalized spacial score (nSPS) is 11.4. The second-order valence-electron chi connectivity index (χ2n) is 7.53. The average Bonchev–Trinajstić information content (AvgIpc) is 3.42. The molecule has 0 fully saturated rings. The Morgan fingerprint density at radius 2 is 1.72 bits per heavy atom. The number of fused-ring (bicyclic) bond motifs is 2. The Morgan fingerprint density at radius 3 is 2.56 bits per heavy atom. The molecule has 0 saturated heterocycles. The molecule has 0 saturated carbocycles. The number of hydrogen-bond donors (Lipinski definition) is 0. The molecule has 9 nitrogen and oxygen atoms in total. The Labute approximate surface area is 183 Å². The van der Waals surface area contributed by atoms with Gasteiger partial charge in [0.1, 0.15) is 34.6 Å². The zero-order valence-electron chi connectivity index (χ0n) is 17.4. The third kappa shape index (κ3) is 4.51. The maximum atomic E-state index is 11.7. The van der Waals surface area contributed by atoms with Crippen LogP contribution in [0.25, 0.3) is 22.0 Å². The monoisotopic (exact) mass is 430 g/mol. The topological polar surface area (TPSA) is 101 Å². The number of nitrogens with zero attached hydrogens (tertiary/aromatic N) is 6. The first kappa shape index (κ1) is 19.9. The number of rotatable bonds is 9. The number of para-hydroxylation sites is 1. The van der Waals surface area contributed by atoms with E-state index in [2.05, 4.69) is 20.5 Å². The highest BCUT2D eigenvalue weighted by atomic mass is 16.5. The Kier molecular flexibility index (Phi) is 5.61. The summed E-state index contributed by atoms with van der Waals surface area (Å²) in [6, 6.07) is 16.5. The molecule has 3 aromatic heterocycles. The van der Waals surface area contributed by atoms with Crippen molar-refractivity contribution in [1.29, 1.82) is 0 Å². The SMILES string of the molecule is O=c1cc(OCCCCCn2cc(Cn3nc4ccccc4n3)nn2)c2ccccc2o1.